The Bertz CT molecular complexity index is 97.0. The molecular weight excluding hydrogens is 136 g/mol. The summed E-state index contributed by atoms with van der Waals surface area (Å²) in [5.41, 5.74) is 1.21. The lowest BCUT2D eigenvalue weighted by molar-refractivity contribution is 0.133. The van der Waals surface area contributed by atoms with E-state index in [0.29, 0.717) is 0 Å². The first-order valence-electron chi connectivity index (χ1n) is 4.49. The third-order valence-corrected chi connectivity index (χ3v) is 1.57. The highest BCUT2D eigenvalue weighted by Gasteiger charge is 1.88. The van der Waals surface area contributed by atoms with Crippen LogP contribution in [-0.4, -0.2) is 13.2 Å². The zero-order chi connectivity index (χ0) is 8.53. The van der Waals surface area contributed by atoms with Crippen molar-refractivity contribution in [3.05, 3.63) is 12.2 Å². The summed E-state index contributed by atoms with van der Waals surface area (Å²) < 4.78 is 5.39. The van der Waals surface area contributed by atoms with E-state index < -0.39 is 0 Å². The molecule has 0 unspecified atom stereocenters. The van der Waals surface area contributed by atoms with Crippen LogP contribution >= 0.6 is 0 Å². The topological polar surface area (TPSA) is 9.23 Å². The molecule has 0 N–H and O–H groups in total. The van der Waals surface area contributed by atoms with E-state index in [4.69, 9.17) is 4.74 Å². The van der Waals surface area contributed by atoms with Crippen LogP contribution in [0.2, 0.25) is 0 Å². The molecular formula is C10H20O. The van der Waals surface area contributed by atoms with Gasteiger partial charge in [-0.2, -0.15) is 0 Å². The third-order valence-electron chi connectivity index (χ3n) is 1.57. The van der Waals surface area contributed by atoms with Gasteiger partial charge in [0.2, 0.25) is 0 Å². The molecule has 0 spiro atoms. The molecule has 0 heterocycles. The standard InChI is InChI=1S/C10H20O/c1-4-5-6-8-11-9-7-10(2)3/h2,4-9H2,1,3H3. The largest absolute Gasteiger partial charge is 0.381 e. The number of ether oxygens (including phenoxy) is 1. The van der Waals surface area contributed by atoms with E-state index in [1.165, 1.54) is 24.8 Å². The van der Waals surface area contributed by atoms with Crippen molar-refractivity contribution in [2.45, 2.75) is 39.5 Å². The number of unbranched alkanes of at least 4 members (excludes halogenated alkanes) is 2. The maximum absolute atomic E-state index is 5.39. The van der Waals surface area contributed by atoms with Crippen molar-refractivity contribution in [3.63, 3.8) is 0 Å². The van der Waals surface area contributed by atoms with Crippen molar-refractivity contribution in [1.82, 2.24) is 0 Å². The fourth-order valence-electron chi connectivity index (χ4n) is 0.803. The van der Waals surface area contributed by atoms with Gasteiger partial charge in [-0.3, -0.25) is 0 Å². The van der Waals surface area contributed by atoms with Gasteiger partial charge in [0.1, 0.15) is 0 Å². The van der Waals surface area contributed by atoms with Crippen LogP contribution in [0.4, 0.5) is 0 Å². The Morgan fingerprint density at radius 2 is 2.00 bits per heavy atom. The summed E-state index contributed by atoms with van der Waals surface area (Å²) in [7, 11) is 0. The maximum atomic E-state index is 5.39. The second kappa shape index (κ2) is 7.80. The highest BCUT2D eigenvalue weighted by molar-refractivity contribution is 4.86. The molecule has 11 heavy (non-hydrogen) atoms. The van der Waals surface area contributed by atoms with Crippen molar-refractivity contribution >= 4 is 0 Å². The molecule has 0 radical (unpaired) electrons. The SMILES string of the molecule is C=C(C)CCOCCCCC. The predicted molar refractivity (Wildman–Crippen MR) is 49.8 cm³/mol. The Balaban J connectivity index is 2.85. The quantitative estimate of drug-likeness (QED) is 0.406. The normalized spacial score (nSPS) is 10.0. The summed E-state index contributed by atoms with van der Waals surface area (Å²) in [6.07, 6.45) is 4.76. The van der Waals surface area contributed by atoms with E-state index >= 15 is 0 Å². The van der Waals surface area contributed by atoms with Gasteiger partial charge < -0.3 is 4.74 Å². The zero-order valence-corrected chi connectivity index (χ0v) is 7.86. The lowest BCUT2D eigenvalue weighted by atomic mass is 10.2. The maximum Gasteiger partial charge on any atom is 0.0502 e. The van der Waals surface area contributed by atoms with Gasteiger partial charge in [-0.1, -0.05) is 25.3 Å². The summed E-state index contributed by atoms with van der Waals surface area (Å²) in [5.74, 6) is 0. The van der Waals surface area contributed by atoms with E-state index in [1.807, 2.05) is 6.92 Å². The van der Waals surface area contributed by atoms with Gasteiger partial charge in [-0.05, 0) is 19.8 Å². The van der Waals surface area contributed by atoms with Gasteiger partial charge in [0.25, 0.3) is 0 Å². The molecule has 0 aromatic carbocycles. The van der Waals surface area contributed by atoms with Gasteiger partial charge in [0, 0.05) is 6.61 Å². The summed E-state index contributed by atoms with van der Waals surface area (Å²) >= 11 is 0. The predicted octanol–water partition coefficient (Wildman–Crippen LogP) is 3.16. The van der Waals surface area contributed by atoms with Gasteiger partial charge in [0.15, 0.2) is 0 Å². The van der Waals surface area contributed by atoms with E-state index in [1.54, 1.807) is 0 Å². The van der Waals surface area contributed by atoms with Crippen molar-refractivity contribution < 1.29 is 4.74 Å². The third kappa shape index (κ3) is 9.70. The molecule has 0 aliphatic rings. The van der Waals surface area contributed by atoms with Gasteiger partial charge in [-0.15, -0.1) is 6.58 Å². The van der Waals surface area contributed by atoms with Crippen molar-refractivity contribution in [1.29, 1.82) is 0 Å². The Labute approximate surface area is 70.4 Å². The molecule has 0 aliphatic carbocycles. The van der Waals surface area contributed by atoms with Crippen LogP contribution in [0.3, 0.4) is 0 Å². The number of hydrogen-bond acceptors (Lipinski definition) is 1. The minimum atomic E-state index is 0.846. The van der Waals surface area contributed by atoms with E-state index in [9.17, 15) is 0 Å². The van der Waals surface area contributed by atoms with E-state index in [2.05, 4.69) is 13.5 Å². The first-order valence-corrected chi connectivity index (χ1v) is 4.49. The first-order chi connectivity index (χ1) is 5.27. The van der Waals surface area contributed by atoms with Crippen LogP contribution in [0, 0.1) is 0 Å². The van der Waals surface area contributed by atoms with Crippen LogP contribution < -0.4 is 0 Å². The molecule has 0 amide bonds. The molecule has 1 heteroatoms. The molecule has 0 aromatic heterocycles. The first kappa shape index (κ1) is 10.7. The molecule has 0 saturated heterocycles. The molecule has 0 aromatic rings. The van der Waals surface area contributed by atoms with Crippen LogP contribution in [0.5, 0.6) is 0 Å². The van der Waals surface area contributed by atoms with E-state index in [-0.39, 0.29) is 0 Å². The van der Waals surface area contributed by atoms with Gasteiger partial charge >= 0.3 is 0 Å². The molecule has 0 saturated carbocycles. The second-order valence-corrected chi connectivity index (χ2v) is 3.03. The minimum absolute atomic E-state index is 0.846. The lowest BCUT2D eigenvalue weighted by Crippen LogP contribution is -1.96. The highest BCUT2D eigenvalue weighted by Crippen LogP contribution is 1.98. The average Bonchev–Trinajstić information content (AvgIpc) is 1.96. The molecule has 0 fully saturated rings. The van der Waals surface area contributed by atoms with E-state index in [0.717, 1.165) is 19.6 Å². The highest BCUT2D eigenvalue weighted by atomic mass is 16.5. The fourth-order valence-corrected chi connectivity index (χ4v) is 0.803. The number of rotatable bonds is 7. The molecule has 0 bridgehead atoms. The number of hydrogen-bond donors (Lipinski definition) is 0. The molecule has 66 valence electrons. The zero-order valence-electron chi connectivity index (χ0n) is 7.86. The molecule has 0 rings (SSSR count). The Morgan fingerprint density at radius 1 is 1.27 bits per heavy atom. The van der Waals surface area contributed by atoms with Crippen LogP contribution in [-0.2, 0) is 4.74 Å². The van der Waals surface area contributed by atoms with Crippen molar-refractivity contribution in [3.8, 4) is 0 Å². The summed E-state index contributed by atoms with van der Waals surface area (Å²) in [5, 5.41) is 0. The van der Waals surface area contributed by atoms with Crippen LogP contribution in [0.1, 0.15) is 39.5 Å². The van der Waals surface area contributed by atoms with Crippen LogP contribution in [0.15, 0.2) is 12.2 Å². The second-order valence-electron chi connectivity index (χ2n) is 3.03. The Kier molecular flexibility index (Phi) is 7.59. The Hall–Kier alpha value is -0.300. The van der Waals surface area contributed by atoms with Crippen molar-refractivity contribution in [2.75, 3.05) is 13.2 Å². The molecule has 1 nitrogen and oxygen atoms in total. The molecule has 0 atom stereocenters. The lowest BCUT2D eigenvalue weighted by Gasteiger charge is -2.02. The summed E-state index contributed by atoms with van der Waals surface area (Å²) in [6, 6.07) is 0. The monoisotopic (exact) mass is 156 g/mol. The summed E-state index contributed by atoms with van der Waals surface area (Å²) in [6.45, 7) is 9.81. The Morgan fingerprint density at radius 3 is 2.55 bits per heavy atom. The fraction of sp³-hybridized carbons (Fsp3) is 0.800. The average molecular weight is 156 g/mol. The minimum Gasteiger partial charge on any atom is -0.381 e. The van der Waals surface area contributed by atoms with Gasteiger partial charge in [-0.25, -0.2) is 0 Å². The summed E-state index contributed by atoms with van der Waals surface area (Å²) in [4.78, 5) is 0. The van der Waals surface area contributed by atoms with Crippen LogP contribution in [0.25, 0.3) is 0 Å². The smallest absolute Gasteiger partial charge is 0.0502 e. The van der Waals surface area contributed by atoms with Crippen molar-refractivity contribution in [2.24, 2.45) is 0 Å². The molecule has 0 aliphatic heterocycles. The van der Waals surface area contributed by atoms with Gasteiger partial charge in [0.05, 0.1) is 6.61 Å².